The molecule has 2 aromatic heterocycles. The van der Waals surface area contributed by atoms with Crippen molar-refractivity contribution in [1.29, 1.82) is 0 Å². The highest BCUT2D eigenvalue weighted by atomic mass is 79.9. The number of esters is 1. The van der Waals surface area contributed by atoms with Gasteiger partial charge in [-0.05, 0) is 48.5 Å². The van der Waals surface area contributed by atoms with Crippen LogP contribution in [0.3, 0.4) is 0 Å². The lowest BCUT2D eigenvalue weighted by molar-refractivity contribution is -0.676. The molecule has 0 aliphatic carbocycles. The summed E-state index contributed by atoms with van der Waals surface area (Å²) in [6.07, 6.45) is 2.11. The van der Waals surface area contributed by atoms with Crippen LogP contribution in [-0.4, -0.2) is 25.2 Å². The maximum absolute atomic E-state index is 11.9. The van der Waals surface area contributed by atoms with E-state index >= 15 is 0 Å². The number of aromatic amines is 1. The fourth-order valence-electron chi connectivity index (χ4n) is 4.20. The predicted octanol–water partition coefficient (Wildman–Crippen LogP) is 5.88. The van der Waals surface area contributed by atoms with Crippen molar-refractivity contribution in [3.8, 4) is 17.0 Å². The number of H-pyrrole nitrogens is 1. The second kappa shape index (κ2) is 8.71. The largest absolute Gasteiger partial charge is 0.497 e. The second-order valence-electron chi connectivity index (χ2n) is 7.78. The molecule has 0 aliphatic heterocycles. The van der Waals surface area contributed by atoms with Gasteiger partial charge in [-0.15, -0.1) is 0 Å². The highest BCUT2D eigenvalue weighted by Gasteiger charge is 2.22. The van der Waals surface area contributed by atoms with Gasteiger partial charge in [-0.25, -0.2) is 4.79 Å². The van der Waals surface area contributed by atoms with Crippen LogP contribution in [0.2, 0.25) is 0 Å². The Labute approximate surface area is 199 Å². The molecule has 0 fully saturated rings. The number of halogens is 1. The molecule has 0 spiro atoms. The topological polar surface area (TPSA) is 55.2 Å². The highest BCUT2D eigenvalue weighted by molar-refractivity contribution is 9.10. The molecule has 0 atom stereocenters. The molecule has 0 bridgehead atoms. The van der Waals surface area contributed by atoms with Crippen molar-refractivity contribution >= 4 is 43.7 Å². The number of benzene rings is 3. The van der Waals surface area contributed by atoms with E-state index in [4.69, 9.17) is 9.47 Å². The van der Waals surface area contributed by atoms with Crippen molar-refractivity contribution in [2.45, 2.75) is 6.54 Å². The van der Waals surface area contributed by atoms with Gasteiger partial charge in [0.1, 0.15) is 11.3 Å². The summed E-state index contributed by atoms with van der Waals surface area (Å²) < 4.78 is 13.6. The van der Waals surface area contributed by atoms with Gasteiger partial charge in [-0.2, -0.15) is 4.57 Å². The van der Waals surface area contributed by atoms with Crippen molar-refractivity contribution in [3.05, 3.63) is 94.6 Å². The number of nitrogens with one attached hydrogen (secondary N) is 1. The van der Waals surface area contributed by atoms with Crippen molar-refractivity contribution < 1.29 is 18.8 Å². The van der Waals surface area contributed by atoms with Gasteiger partial charge < -0.3 is 14.5 Å². The van der Waals surface area contributed by atoms with Crippen LogP contribution in [0, 0.1) is 0 Å². The van der Waals surface area contributed by atoms with E-state index in [1.807, 2.05) is 36.4 Å². The molecule has 0 saturated heterocycles. The number of hydrogen-bond acceptors (Lipinski definition) is 3. The van der Waals surface area contributed by atoms with E-state index in [0.717, 1.165) is 43.3 Å². The zero-order chi connectivity index (χ0) is 22.9. The summed E-state index contributed by atoms with van der Waals surface area (Å²) in [5.41, 5.74) is 5.79. The Hall–Kier alpha value is -3.64. The number of methoxy groups -OCH3 is 2. The van der Waals surface area contributed by atoms with E-state index in [0.29, 0.717) is 12.1 Å². The molecule has 1 N–H and O–H groups in total. The fraction of sp³-hybridized carbons (Fsp3) is 0.111. The van der Waals surface area contributed by atoms with Crippen LogP contribution in [0.1, 0.15) is 15.9 Å². The average Bonchev–Trinajstić information content (AvgIpc) is 3.22. The molecule has 164 valence electrons. The van der Waals surface area contributed by atoms with E-state index in [1.54, 1.807) is 19.2 Å². The van der Waals surface area contributed by atoms with Crippen molar-refractivity contribution in [2.75, 3.05) is 14.2 Å². The zero-order valence-electron chi connectivity index (χ0n) is 18.3. The maximum Gasteiger partial charge on any atom is 0.337 e. The summed E-state index contributed by atoms with van der Waals surface area (Å²) in [5, 5.41) is 2.21. The smallest absolute Gasteiger partial charge is 0.337 e. The Morgan fingerprint density at radius 3 is 2.48 bits per heavy atom. The van der Waals surface area contributed by atoms with Crippen molar-refractivity contribution in [1.82, 2.24) is 4.98 Å². The van der Waals surface area contributed by atoms with Gasteiger partial charge in [0, 0.05) is 38.0 Å². The van der Waals surface area contributed by atoms with Gasteiger partial charge in [0.05, 0.1) is 19.8 Å². The van der Waals surface area contributed by atoms with Crippen LogP contribution in [-0.2, 0) is 11.3 Å². The van der Waals surface area contributed by atoms with Crippen LogP contribution in [0.5, 0.6) is 5.75 Å². The zero-order valence-corrected chi connectivity index (χ0v) is 19.8. The highest BCUT2D eigenvalue weighted by Crippen LogP contribution is 2.33. The Balaban J connectivity index is 1.74. The lowest BCUT2D eigenvalue weighted by Crippen LogP contribution is -2.36. The third-order valence-corrected chi connectivity index (χ3v) is 6.64. The number of pyridine rings is 1. The van der Waals surface area contributed by atoms with Crippen molar-refractivity contribution in [2.24, 2.45) is 0 Å². The normalized spacial score (nSPS) is 11.1. The number of nitrogens with zero attached hydrogens (tertiary/aromatic N) is 1. The molecule has 6 heteroatoms. The molecule has 0 radical (unpaired) electrons. The van der Waals surface area contributed by atoms with Gasteiger partial charge >= 0.3 is 5.97 Å². The van der Waals surface area contributed by atoms with Crippen molar-refractivity contribution in [3.63, 3.8) is 0 Å². The minimum atomic E-state index is -0.349. The summed E-state index contributed by atoms with van der Waals surface area (Å²) >= 11 is 3.68. The van der Waals surface area contributed by atoms with Crippen LogP contribution in [0.25, 0.3) is 33.1 Å². The standard InChI is InChI=1S/C27H21BrN2O3/c1-32-20-11-12-24-22(15-20)21-13-14-30(16-19-5-3-4-6-23(19)28)26(25(21)29-24)17-7-9-18(10-8-17)27(31)33-2/h3-15H,16H2,1-2H3/p+1. The first kappa shape index (κ1) is 21.2. The third kappa shape index (κ3) is 3.87. The third-order valence-electron chi connectivity index (χ3n) is 5.87. The Bertz CT molecular complexity index is 1490. The lowest BCUT2D eigenvalue weighted by atomic mass is 10.0. The van der Waals surface area contributed by atoms with Gasteiger partial charge in [0.25, 0.3) is 0 Å². The van der Waals surface area contributed by atoms with Gasteiger partial charge in [-0.1, -0.05) is 34.1 Å². The molecule has 5 aromatic rings. The number of carbonyl (C=O) groups excluding carboxylic acids is 1. The molecule has 3 aromatic carbocycles. The first-order chi connectivity index (χ1) is 16.1. The molecular weight excluding hydrogens is 480 g/mol. The summed E-state index contributed by atoms with van der Waals surface area (Å²) in [6.45, 7) is 0.685. The molecule has 0 saturated carbocycles. The maximum atomic E-state index is 11.9. The quantitative estimate of drug-likeness (QED) is 0.241. The number of aromatic nitrogens is 2. The molecule has 2 heterocycles. The number of hydrogen-bond donors (Lipinski definition) is 1. The molecular formula is C27H22BrN2O3+. The van der Waals surface area contributed by atoms with E-state index in [2.05, 4.69) is 55.9 Å². The monoisotopic (exact) mass is 501 g/mol. The van der Waals surface area contributed by atoms with Crippen LogP contribution in [0.15, 0.2) is 83.5 Å². The minimum Gasteiger partial charge on any atom is -0.497 e. The fourth-order valence-corrected chi connectivity index (χ4v) is 4.61. The summed E-state index contributed by atoms with van der Waals surface area (Å²) in [6, 6.07) is 23.9. The Morgan fingerprint density at radius 2 is 1.76 bits per heavy atom. The first-order valence-corrected chi connectivity index (χ1v) is 11.3. The second-order valence-corrected chi connectivity index (χ2v) is 8.63. The first-order valence-electron chi connectivity index (χ1n) is 10.5. The van der Waals surface area contributed by atoms with Gasteiger partial charge in [0.15, 0.2) is 12.7 Å². The molecule has 5 nitrogen and oxygen atoms in total. The van der Waals surface area contributed by atoms with Crippen LogP contribution < -0.4 is 9.30 Å². The van der Waals surface area contributed by atoms with Gasteiger partial charge in [-0.3, -0.25) is 0 Å². The lowest BCUT2D eigenvalue weighted by Gasteiger charge is -2.08. The molecule has 5 rings (SSSR count). The SMILES string of the molecule is COC(=O)c1ccc(-c2c3[nH]c4ccc(OC)cc4c3cc[n+]2Cc2ccccc2Br)cc1. The molecule has 0 amide bonds. The molecule has 0 aliphatic rings. The Morgan fingerprint density at radius 1 is 0.970 bits per heavy atom. The van der Waals surface area contributed by atoms with Crippen LogP contribution in [0.4, 0.5) is 0 Å². The summed E-state index contributed by atoms with van der Waals surface area (Å²) in [4.78, 5) is 15.6. The molecule has 33 heavy (non-hydrogen) atoms. The summed E-state index contributed by atoms with van der Waals surface area (Å²) in [7, 11) is 3.07. The minimum absolute atomic E-state index is 0.349. The number of rotatable bonds is 5. The van der Waals surface area contributed by atoms with Gasteiger partial charge in [0.2, 0.25) is 5.69 Å². The molecule has 0 unspecified atom stereocenters. The van der Waals surface area contributed by atoms with E-state index in [-0.39, 0.29) is 5.97 Å². The van der Waals surface area contributed by atoms with E-state index in [1.165, 1.54) is 12.7 Å². The number of ether oxygens (including phenoxy) is 2. The van der Waals surface area contributed by atoms with E-state index < -0.39 is 0 Å². The number of fused-ring (bicyclic) bond motifs is 3. The predicted molar refractivity (Wildman–Crippen MR) is 133 cm³/mol. The number of carbonyl (C=O) groups is 1. The average molecular weight is 502 g/mol. The van der Waals surface area contributed by atoms with Crippen LogP contribution >= 0.6 is 15.9 Å². The van der Waals surface area contributed by atoms with E-state index in [9.17, 15) is 4.79 Å². The Kier molecular flexibility index (Phi) is 5.60. The summed E-state index contributed by atoms with van der Waals surface area (Å²) in [5.74, 6) is 0.468.